The molecule has 0 aromatic rings. The first-order valence-electron chi connectivity index (χ1n) is 6.23. The number of hydrogen-bond acceptors (Lipinski definition) is 3. The van der Waals surface area contributed by atoms with Crippen molar-refractivity contribution in [2.24, 2.45) is 11.7 Å². The van der Waals surface area contributed by atoms with Crippen molar-refractivity contribution in [3.8, 4) is 0 Å². The van der Waals surface area contributed by atoms with E-state index in [0.29, 0.717) is 11.3 Å². The Labute approximate surface area is 115 Å². The molecule has 0 saturated heterocycles. The number of halogens is 1. The Bertz CT molecular complexity index is 239. The van der Waals surface area contributed by atoms with Crippen LogP contribution in [0.4, 0.5) is 0 Å². The highest BCUT2D eigenvalue weighted by molar-refractivity contribution is 7.99. The highest BCUT2D eigenvalue weighted by atomic mass is 35.5. The largest absolute Gasteiger partial charge is 0.351 e. The minimum Gasteiger partial charge on any atom is -0.351 e. The lowest BCUT2D eigenvalue weighted by Gasteiger charge is -2.23. The molecule has 1 aliphatic carbocycles. The van der Waals surface area contributed by atoms with Crippen LogP contribution in [-0.4, -0.2) is 29.0 Å². The summed E-state index contributed by atoms with van der Waals surface area (Å²) in [7, 11) is 0. The number of nitrogens with two attached hydrogens (primary N) is 1. The second-order valence-electron chi connectivity index (χ2n) is 4.81. The first kappa shape index (κ1) is 17.1. The van der Waals surface area contributed by atoms with Crippen LogP contribution in [-0.2, 0) is 4.79 Å². The summed E-state index contributed by atoms with van der Waals surface area (Å²) < 4.78 is 0. The molecular formula is C12H25ClN2OS. The minimum absolute atomic E-state index is 0. The van der Waals surface area contributed by atoms with Gasteiger partial charge in [-0.25, -0.2) is 0 Å². The third-order valence-electron chi connectivity index (χ3n) is 3.18. The second-order valence-corrected chi connectivity index (χ2v) is 6.33. The molecule has 1 fully saturated rings. The molecule has 0 spiro atoms. The van der Waals surface area contributed by atoms with Crippen LogP contribution in [0.5, 0.6) is 0 Å². The summed E-state index contributed by atoms with van der Waals surface area (Å²) in [4.78, 5) is 11.8. The Morgan fingerprint density at radius 3 is 2.65 bits per heavy atom. The number of carbonyl (C=O) groups excluding carboxylic acids is 1. The molecule has 1 saturated carbocycles. The summed E-state index contributed by atoms with van der Waals surface area (Å²) in [5.41, 5.74) is 5.84. The molecular weight excluding hydrogens is 256 g/mol. The Hall–Kier alpha value is 0.0700. The molecule has 3 atom stereocenters. The minimum atomic E-state index is -0.368. The zero-order chi connectivity index (χ0) is 12.1. The van der Waals surface area contributed by atoms with E-state index in [1.165, 1.54) is 12.8 Å². The van der Waals surface area contributed by atoms with E-state index in [1.54, 1.807) is 0 Å². The molecule has 0 aliphatic heterocycles. The lowest BCUT2D eigenvalue weighted by molar-refractivity contribution is -0.123. The van der Waals surface area contributed by atoms with E-state index >= 15 is 0 Å². The average Bonchev–Trinajstić information content (AvgIpc) is 2.65. The van der Waals surface area contributed by atoms with Crippen molar-refractivity contribution in [3.05, 3.63) is 0 Å². The van der Waals surface area contributed by atoms with Crippen LogP contribution in [0.25, 0.3) is 0 Å². The third-order valence-corrected chi connectivity index (χ3v) is 4.51. The fourth-order valence-electron chi connectivity index (χ4n) is 2.09. The van der Waals surface area contributed by atoms with Gasteiger partial charge >= 0.3 is 0 Å². The number of rotatable bonds is 5. The maximum atomic E-state index is 11.8. The van der Waals surface area contributed by atoms with Crippen LogP contribution < -0.4 is 11.1 Å². The van der Waals surface area contributed by atoms with Crippen molar-refractivity contribution in [1.29, 1.82) is 0 Å². The highest BCUT2D eigenvalue weighted by Crippen LogP contribution is 2.29. The molecule has 5 heteroatoms. The van der Waals surface area contributed by atoms with E-state index in [0.717, 1.165) is 12.2 Å². The van der Waals surface area contributed by atoms with Gasteiger partial charge in [-0.15, -0.1) is 12.4 Å². The molecule has 0 heterocycles. The number of carbonyl (C=O) groups is 1. The van der Waals surface area contributed by atoms with Gasteiger partial charge in [-0.3, -0.25) is 4.79 Å². The molecule has 0 aromatic heterocycles. The van der Waals surface area contributed by atoms with E-state index in [9.17, 15) is 4.79 Å². The molecule has 0 bridgehead atoms. The zero-order valence-electron chi connectivity index (χ0n) is 10.9. The molecule has 17 heavy (non-hydrogen) atoms. The van der Waals surface area contributed by atoms with Gasteiger partial charge in [0.05, 0.1) is 6.04 Å². The molecule has 1 amide bonds. The quantitative estimate of drug-likeness (QED) is 0.812. The summed E-state index contributed by atoms with van der Waals surface area (Å²) in [5, 5.41) is 3.70. The van der Waals surface area contributed by atoms with E-state index < -0.39 is 0 Å². The first-order valence-corrected chi connectivity index (χ1v) is 7.28. The van der Waals surface area contributed by atoms with Gasteiger partial charge in [0.2, 0.25) is 5.91 Å². The monoisotopic (exact) mass is 280 g/mol. The van der Waals surface area contributed by atoms with Crippen LogP contribution in [0, 0.1) is 5.92 Å². The van der Waals surface area contributed by atoms with Gasteiger partial charge in [0.1, 0.15) is 0 Å². The molecule has 3 unspecified atom stereocenters. The lowest BCUT2D eigenvalue weighted by atomic mass is 10.0. The molecule has 102 valence electrons. The van der Waals surface area contributed by atoms with Crippen LogP contribution in [0.15, 0.2) is 0 Å². The Balaban J connectivity index is 0.00000256. The van der Waals surface area contributed by atoms with E-state index in [4.69, 9.17) is 5.73 Å². The van der Waals surface area contributed by atoms with E-state index in [-0.39, 0.29) is 30.3 Å². The zero-order valence-corrected chi connectivity index (χ0v) is 12.6. The summed E-state index contributed by atoms with van der Waals surface area (Å²) in [6, 6.07) is -0.0323. The molecule has 0 aromatic carbocycles. The third kappa shape index (κ3) is 5.06. The predicted molar refractivity (Wildman–Crippen MR) is 77.8 cm³/mol. The normalized spacial score (nSPS) is 25.5. The summed E-state index contributed by atoms with van der Waals surface area (Å²) >= 11 is 1.95. The molecule has 3 N–H and O–H groups in total. The van der Waals surface area contributed by atoms with Crippen molar-refractivity contribution in [2.75, 3.05) is 5.75 Å². The number of nitrogens with one attached hydrogen (secondary N) is 1. The smallest absolute Gasteiger partial charge is 0.237 e. The summed E-state index contributed by atoms with van der Waals surface area (Å²) in [6.07, 6.45) is 3.55. The maximum absolute atomic E-state index is 11.8. The maximum Gasteiger partial charge on any atom is 0.237 e. The molecule has 1 aliphatic rings. The summed E-state index contributed by atoms with van der Waals surface area (Å²) in [6.45, 7) is 6.13. The standard InChI is InChI=1S/C12H24N2OS.ClH/c1-4-16-10-7-5-6-9(10)14-12(15)11(13)8(2)3;/h8-11H,4-7,13H2,1-3H3,(H,14,15);1H. The lowest BCUT2D eigenvalue weighted by Crippen LogP contribution is -2.49. The van der Waals surface area contributed by atoms with Gasteiger partial charge in [0, 0.05) is 11.3 Å². The summed E-state index contributed by atoms with van der Waals surface area (Å²) in [5.74, 6) is 1.34. The Morgan fingerprint density at radius 2 is 2.12 bits per heavy atom. The highest BCUT2D eigenvalue weighted by Gasteiger charge is 2.30. The number of hydrogen-bond donors (Lipinski definition) is 2. The van der Waals surface area contributed by atoms with Crippen LogP contribution in [0.3, 0.4) is 0 Å². The SMILES string of the molecule is CCSC1CCCC1NC(=O)C(N)C(C)C.Cl. The van der Waals surface area contributed by atoms with Gasteiger partial charge in [0.15, 0.2) is 0 Å². The van der Waals surface area contributed by atoms with Gasteiger partial charge < -0.3 is 11.1 Å². The molecule has 0 radical (unpaired) electrons. The van der Waals surface area contributed by atoms with Gasteiger partial charge in [-0.1, -0.05) is 27.2 Å². The topological polar surface area (TPSA) is 55.1 Å². The Kier molecular flexibility index (Phi) is 8.25. The van der Waals surface area contributed by atoms with Gasteiger partial charge in [0.25, 0.3) is 0 Å². The van der Waals surface area contributed by atoms with Crippen LogP contribution in [0.2, 0.25) is 0 Å². The van der Waals surface area contributed by atoms with E-state index in [1.807, 2.05) is 25.6 Å². The van der Waals surface area contributed by atoms with Gasteiger partial charge in [-0.2, -0.15) is 11.8 Å². The fraction of sp³-hybridized carbons (Fsp3) is 0.917. The number of amides is 1. The van der Waals surface area contributed by atoms with E-state index in [2.05, 4.69) is 12.2 Å². The van der Waals surface area contributed by atoms with Crippen LogP contribution in [0.1, 0.15) is 40.0 Å². The van der Waals surface area contributed by atoms with Crippen molar-refractivity contribution >= 4 is 30.1 Å². The fourth-order valence-corrected chi connectivity index (χ4v) is 3.28. The number of thioether (sulfide) groups is 1. The van der Waals surface area contributed by atoms with Gasteiger partial charge in [-0.05, 0) is 24.5 Å². The average molecular weight is 281 g/mol. The second kappa shape index (κ2) is 8.22. The van der Waals surface area contributed by atoms with Crippen molar-refractivity contribution < 1.29 is 4.79 Å². The van der Waals surface area contributed by atoms with Crippen LogP contribution >= 0.6 is 24.2 Å². The van der Waals surface area contributed by atoms with Crippen molar-refractivity contribution in [2.45, 2.75) is 57.4 Å². The van der Waals surface area contributed by atoms with Crippen molar-refractivity contribution in [1.82, 2.24) is 5.32 Å². The van der Waals surface area contributed by atoms with Crippen molar-refractivity contribution in [3.63, 3.8) is 0 Å². The first-order chi connectivity index (χ1) is 7.56. The molecule has 3 nitrogen and oxygen atoms in total. The predicted octanol–water partition coefficient (Wildman–Crippen LogP) is 2.18. The molecule has 1 rings (SSSR count). The Morgan fingerprint density at radius 1 is 1.47 bits per heavy atom.